The fourth-order valence-corrected chi connectivity index (χ4v) is 3.49. The summed E-state index contributed by atoms with van der Waals surface area (Å²) < 4.78 is 20.9. The van der Waals surface area contributed by atoms with Crippen LogP contribution in [-0.2, 0) is 0 Å². The Hall–Kier alpha value is -3.75. The third-order valence-corrected chi connectivity index (χ3v) is 5.77. The number of nitrogens with two attached hydrogens (primary N) is 1. The summed E-state index contributed by atoms with van der Waals surface area (Å²) in [6.07, 6.45) is 5.72. The number of halogens is 1. The standard InChI is InChI=1S/C23H24FN7O/c1-14(15-4-6-16(24)7-5-15)27-18-12-17(28-22(29-18)32-13-23(2)8-9-23)19-20(25)30-31-11-3-10-26-21(19)31/h3-7,10-12,14H,8-9,13H2,1-2H3,(H2,25,30)(H,27,28,29)/t14-/m0/s1. The van der Waals surface area contributed by atoms with Crippen LogP contribution in [0.5, 0.6) is 6.01 Å². The van der Waals surface area contributed by atoms with E-state index in [-0.39, 0.29) is 23.3 Å². The summed E-state index contributed by atoms with van der Waals surface area (Å²) in [5.41, 5.74) is 9.11. The van der Waals surface area contributed by atoms with Gasteiger partial charge in [0, 0.05) is 29.9 Å². The maximum atomic E-state index is 13.3. The lowest BCUT2D eigenvalue weighted by Gasteiger charge is -2.17. The molecule has 3 N–H and O–H groups in total. The summed E-state index contributed by atoms with van der Waals surface area (Å²) in [7, 11) is 0. The van der Waals surface area contributed by atoms with Crippen molar-refractivity contribution in [3.8, 4) is 17.3 Å². The lowest BCUT2D eigenvalue weighted by molar-refractivity contribution is 0.230. The number of anilines is 2. The zero-order chi connectivity index (χ0) is 22.3. The van der Waals surface area contributed by atoms with E-state index in [0.717, 1.165) is 18.4 Å². The van der Waals surface area contributed by atoms with Crippen LogP contribution in [-0.4, -0.2) is 31.2 Å². The molecule has 3 heterocycles. The second-order valence-corrected chi connectivity index (χ2v) is 8.59. The largest absolute Gasteiger partial charge is 0.463 e. The molecule has 9 heteroatoms. The van der Waals surface area contributed by atoms with E-state index in [1.807, 2.05) is 6.92 Å². The number of nitrogens with one attached hydrogen (secondary N) is 1. The highest BCUT2D eigenvalue weighted by molar-refractivity contribution is 5.85. The Bertz CT molecular complexity index is 1270. The van der Waals surface area contributed by atoms with Gasteiger partial charge in [0.05, 0.1) is 17.9 Å². The van der Waals surface area contributed by atoms with Crippen molar-refractivity contribution < 1.29 is 9.13 Å². The van der Waals surface area contributed by atoms with Gasteiger partial charge in [0.2, 0.25) is 0 Å². The minimum absolute atomic E-state index is 0.119. The molecule has 1 atom stereocenters. The average Bonchev–Trinajstić information content (AvgIpc) is 3.41. The van der Waals surface area contributed by atoms with Gasteiger partial charge < -0.3 is 15.8 Å². The number of aromatic nitrogens is 5. The Morgan fingerprint density at radius 1 is 1.25 bits per heavy atom. The van der Waals surface area contributed by atoms with Crippen LogP contribution in [0.4, 0.5) is 16.0 Å². The van der Waals surface area contributed by atoms with Gasteiger partial charge in [-0.2, -0.15) is 9.97 Å². The Labute approximate surface area is 184 Å². The topological polar surface area (TPSA) is 103 Å². The maximum absolute atomic E-state index is 13.3. The van der Waals surface area contributed by atoms with E-state index in [9.17, 15) is 4.39 Å². The zero-order valence-corrected chi connectivity index (χ0v) is 17.9. The van der Waals surface area contributed by atoms with Crippen molar-refractivity contribution in [2.24, 2.45) is 5.41 Å². The molecule has 0 unspecified atom stereocenters. The van der Waals surface area contributed by atoms with Crippen LogP contribution >= 0.6 is 0 Å². The number of rotatable bonds is 7. The highest BCUT2D eigenvalue weighted by atomic mass is 19.1. The molecule has 0 amide bonds. The Kier molecular flexibility index (Phi) is 4.88. The molecule has 1 aliphatic rings. The molecular weight excluding hydrogens is 409 g/mol. The fraction of sp³-hybridized carbons (Fsp3) is 0.304. The van der Waals surface area contributed by atoms with Gasteiger partial charge in [-0.15, -0.1) is 5.10 Å². The molecule has 0 spiro atoms. The average molecular weight is 433 g/mol. The molecule has 0 saturated heterocycles. The molecule has 1 saturated carbocycles. The van der Waals surface area contributed by atoms with Crippen LogP contribution in [0.1, 0.15) is 38.3 Å². The third kappa shape index (κ3) is 4.05. The van der Waals surface area contributed by atoms with Crippen molar-refractivity contribution in [1.29, 1.82) is 0 Å². The SMILES string of the molecule is C[C@H](Nc1cc(-c2c(N)nn3cccnc23)nc(OCC2(C)CC2)n1)c1ccc(F)cc1. The first-order valence-corrected chi connectivity index (χ1v) is 10.5. The number of benzene rings is 1. The molecule has 8 nitrogen and oxygen atoms in total. The highest BCUT2D eigenvalue weighted by Gasteiger charge is 2.38. The van der Waals surface area contributed by atoms with Gasteiger partial charge in [-0.3, -0.25) is 0 Å². The summed E-state index contributed by atoms with van der Waals surface area (Å²) in [6, 6.07) is 10.1. The van der Waals surface area contributed by atoms with Crippen molar-refractivity contribution in [2.45, 2.75) is 32.7 Å². The molecular formula is C23H24FN7O. The van der Waals surface area contributed by atoms with Gasteiger partial charge >= 0.3 is 6.01 Å². The van der Waals surface area contributed by atoms with Gasteiger partial charge in [-0.25, -0.2) is 13.9 Å². The molecule has 0 bridgehead atoms. The zero-order valence-electron chi connectivity index (χ0n) is 17.9. The van der Waals surface area contributed by atoms with E-state index in [1.165, 1.54) is 12.1 Å². The van der Waals surface area contributed by atoms with Crippen LogP contribution in [0.15, 0.2) is 48.8 Å². The Morgan fingerprint density at radius 3 is 2.78 bits per heavy atom. The van der Waals surface area contributed by atoms with Crippen molar-refractivity contribution in [3.05, 3.63) is 60.2 Å². The molecule has 1 aliphatic carbocycles. The molecule has 164 valence electrons. The first kappa shape index (κ1) is 20.2. The molecule has 0 aliphatic heterocycles. The van der Waals surface area contributed by atoms with Crippen molar-refractivity contribution in [2.75, 3.05) is 17.7 Å². The Morgan fingerprint density at radius 2 is 2.03 bits per heavy atom. The van der Waals surface area contributed by atoms with Crippen LogP contribution in [0.3, 0.4) is 0 Å². The number of hydrogen-bond donors (Lipinski definition) is 2. The summed E-state index contributed by atoms with van der Waals surface area (Å²) in [6.45, 7) is 4.71. The number of hydrogen-bond acceptors (Lipinski definition) is 7. The predicted octanol–water partition coefficient (Wildman–Crippen LogP) is 4.26. The monoisotopic (exact) mass is 433 g/mol. The van der Waals surface area contributed by atoms with E-state index in [1.54, 1.807) is 41.2 Å². The van der Waals surface area contributed by atoms with Crippen LogP contribution in [0, 0.1) is 11.2 Å². The van der Waals surface area contributed by atoms with Gasteiger partial charge in [-0.05, 0) is 43.5 Å². The molecule has 3 aromatic heterocycles. The summed E-state index contributed by atoms with van der Waals surface area (Å²) >= 11 is 0. The second kappa shape index (κ2) is 7.74. The van der Waals surface area contributed by atoms with Gasteiger partial charge in [-0.1, -0.05) is 19.1 Å². The summed E-state index contributed by atoms with van der Waals surface area (Å²) in [5.74, 6) is 0.614. The quantitative estimate of drug-likeness (QED) is 0.449. The number of ether oxygens (including phenoxy) is 1. The summed E-state index contributed by atoms with van der Waals surface area (Å²) in [4.78, 5) is 13.6. The Balaban J connectivity index is 1.52. The van der Waals surface area contributed by atoms with Crippen molar-refractivity contribution in [1.82, 2.24) is 24.6 Å². The maximum Gasteiger partial charge on any atom is 0.318 e. The molecule has 1 aromatic carbocycles. The minimum atomic E-state index is -0.273. The predicted molar refractivity (Wildman–Crippen MR) is 120 cm³/mol. The normalized spacial score (nSPS) is 15.5. The van der Waals surface area contributed by atoms with Gasteiger partial charge in [0.15, 0.2) is 11.5 Å². The lowest BCUT2D eigenvalue weighted by atomic mass is 10.1. The first-order valence-electron chi connectivity index (χ1n) is 10.5. The minimum Gasteiger partial charge on any atom is -0.463 e. The van der Waals surface area contributed by atoms with Crippen LogP contribution in [0.25, 0.3) is 16.9 Å². The number of nitrogens with zero attached hydrogens (tertiary/aromatic N) is 5. The van der Waals surface area contributed by atoms with Gasteiger partial charge in [0.1, 0.15) is 11.6 Å². The van der Waals surface area contributed by atoms with Crippen molar-refractivity contribution >= 4 is 17.3 Å². The third-order valence-electron chi connectivity index (χ3n) is 5.77. The number of nitrogen functional groups attached to an aromatic ring is 1. The smallest absolute Gasteiger partial charge is 0.318 e. The summed E-state index contributed by atoms with van der Waals surface area (Å²) in [5, 5.41) is 7.69. The molecule has 1 fully saturated rings. The van der Waals surface area contributed by atoms with Crippen LogP contribution in [0.2, 0.25) is 0 Å². The van der Waals surface area contributed by atoms with E-state index in [4.69, 9.17) is 10.5 Å². The lowest BCUT2D eigenvalue weighted by Crippen LogP contribution is -2.13. The van der Waals surface area contributed by atoms with E-state index < -0.39 is 0 Å². The van der Waals surface area contributed by atoms with E-state index in [2.05, 4.69) is 32.3 Å². The molecule has 0 radical (unpaired) electrons. The first-order chi connectivity index (χ1) is 15.4. The number of fused-ring (bicyclic) bond motifs is 1. The van der Waals surface area contributed by atoms with E-state index in [0.29, 0.717) is 35.1 Å². The highest BCUT2D eigenvalue weighted by Crippen LogP contribution is 2.45. The second-order valence-electron chi connectivity index (χ2n) is 8.59. The van der Waals surface area contributed by atoms with Crippen LogP contribution < -0.4 is 15.8 Å². The fourth-order valence-electron chi connectivity index (χ4n) is 3.49. The van der Waals surface area contributed by atoms with Crippen molar-refractivity contribution in [3.63, 3.8) is 0 Å². The molecule has 32 heavy (non-hydrogen) atoms. The van der Waals surface area contributed by atoms with E-state index >= 15 is 0 Å². The molecule has 4 aromatic rings. The van der Waals surface area contributed by atoms with Gasteiger partial charge in [0.25, 0.3) is 0 Å². The molecule has 5 rings (SSSR count).